The number of nitrogens with zero attached hydrogens (tertiary/aromatic N) is 1. The summed E-state index contributed by atoms with van der Waals surface area (Å²) in [5, 5.41) is 4.48. The second kappa shape index (κ2) is 9.08. The lowest BCUT2D eigenvalue weighted by Crippen LogP contribution is -2.32. The minimum Gasteiger partial charge on any atom is -0.497 e. The van der Waals surface area contributed by atoms with E-state index in [0.29, 0.717) is 45.1 Å². The highest BCUT2D eigenvalue weighted by Crippen LogP contribution is 2.44. The summed E-state index contributed by atoms with van der Waals surface area (Å²) in [6.07, 6.45) is 2.01. The van der Waals surface area contributed by atoms with Crippen molar-refractivity contribution < 1.29 is 9.53 Å². The molecule has 33 heavy (non-hydrogen) atoms. The third kappa shape index (κ3) is 4.18. The van der Waals surface area contributed by atoms with Gasteiger partial charge in [0.2, 0.25) is 0 Å². The molecule has 2 aliphatic rings. The van der Waals surface area contributed by atoms with Gasteiger partial charge in [0.25, 0.3) is 5.56 Å². The lowest BCUT2D eigenvalue weighted by atomic mass is 9.76. The van der Waals surface area contributed by atoms with Crippen molar-refractivity contribution in [3.63, 3.8) is 0 Å². The Morgan fingerprint density at radius 3 is 2.82 bits per heavy atom. The SMILES string of the molecule is COc1cccc([C@@H]2C3=C(CCCC3=O)Nc3nc(SCc4ccccc4Cl)[nH]c(=O)c32)c1. The molecule has 1 atom stereocenters. The quantitative estimate of drug-likeness (QED) is 0.382. The molecule has 6 nitrogen and oxygen atoms in total. The molecule has 0 saturated heterocycles. The van der Waals surface area contributed by atoms with E-state index in [1.54, 1.807) is 7.11 Å². The first-order valence-corrected chi connectivity index (χ1v) is 12.1. The van der Waals surface area contributed by atoms with Crippen LogP contribution in [0.1, 0.15) is 41.9 Å². The van der Waals surface area contributed by atoms with Gasteiger partial charge in [-0.25, -0.2) is 4.98 Å². The fraction of sp³-hybridized carbons (Fsp3) is 0.240. The van der Waals surface area contributed by atoms with Gasteiger partial charge in [-0.1, -0.05) is 53.7 Å². The number of methoxy groups -OCH3 is 1. The lowest BCUT2D eigenvalue weighted by molar-refractivity contribution is -0.116. The number of allylic oxidation sites excluding steroid dienone is 2. The number of fused-ring (bicyclic) bond motifs is 1. The van der Waals surface area contributed by atoms with Crippen molar-refractivity contribution in [3.05, 3.63) is 91.9 Å². The van der Waals surface area contributed by atoms with Gasteiger partial charge in [0.1, 0.15) is 11.6 Å². The number of H-pyrrole nitrogens is 1. The number of anilines is 1. The highest BCUT2D eigenvalue weighted by molar-refractivity contribution is 7.98. The minimum atomic E-state index is -0.488. The summed E-state index contributed by atoms with van der Waals surface area (Å²) in [7, 11) is 1.60. The zero-order valence-electron chi connectivity index (χ0n) is 18.0. The van der Waals surface area contributed by atoms with Crippen LogP contribution in [0.2, 0.25) is 5.02 Å². The Hall–Kier alpha value is -3.03. The molecule has 0 fully saturated rings. The smallest absolute Gasteiger partial charge is 0.257 e. The first-order valence-electron chi connectivity index (χ1n) is 10.7. The van der Waals surface area contributed by atoms with E-state index in [1.807, 2.05) is 48.5 Å². The fourth-order valence-electron chi connectivity index (χ4n) is 4.42. The second-order valence-electron chi connectivity index (χ2n) is 8.02. The third-order valence-corrected chi connectivity index (χ3v) is 7.28. The summed E-state index contributed by atoms with van der Waals surface area (Å²) in [4.78, 5) is 34.0. The number of ketones is 1. The molecule has 0 unspecified atom stereocenters. The second-order valence-corrected chi connectivity index (χ2v) is 9.39. The Balaban J connectivity index is 1.57. The number of nitrogens with one attached hydrogen (secondary N) is 2. The van der Waals surface area contributed by atoms with Crippen LogP contribution >= 0.6 is 23.4 Å². The molecule has 0 bridgehead atoms. The third-order valence-electron chi connectivity index (χ3n) is 5.99. The van der Waals surface area contributed by atoms with Crippen LogP contribution in [0.4, 0.5) is 5.82 Å². The molecule has 0 saturated carbocycles. The minimum absolute atomic E-state index is 0.0683. The molecule has 2 aromatic carbocycles. The Bertz CT molecular complexity index is 1330. The lowest BCUT2D eigenvalue weighted by Gasteiger charge is -2.32. The molecule has 1 aromatic heterocycles. The Kier molecular flexibility index (Phi) is 6.00. The van der Waals surface area contributed by atoms with E-state index in [-0.39, 0.29) is 11.3 Å². The van der Waals surface area contributed by atoms with E-state index in [1.165, 1.54) is 11.8 Å². The van der Waals surface area contributed by atoms with Crippen LogP contribution in [0.25, 0.3) is 0 Å². The molecule has 2 N–H and O–H groups in total. The summed E-state index contributed by atoms with van der Waals surface area (Å²) in [5.41, 5.74) is 3.52. The maximum Gasteiger partial charge on any atom is 0.257 e. The van der Waals surface area contributed by atoms with Crippen LogP contribution in [0.15, 0.2) is 69.8 Å². The first-order chi connectivity index (χ1) is 16.0. The number of ether oxygens (including phenoxy) is 1. The normalized spacial score (nSPS) is 17.3. The first kappa shape index (κ1) is 21.8. The zero-order chi connectivity index (χ0) is 22.9. The molecular formula is C25H22ClN3O3S. The fourth-order valence-corrected chi connectivity index (χ4v) is 5.57. The summed E-state index contributed by atoms with van der Waals surface area (Å²) >= 11 is 7.69. The monoisotopic (exact) mass is 479 g/mol. The Morgan fingerprint density at radius 2 is 2.00 bits per heavy atom. The number of hydrogen-bond acceptors (Lipinski definition) is 6. The molecule has 3 aromatic rings. The van der Waals surface area contributed by atoms with Gasteiger partial charge in [-0.2, -0.15) is 0 Å². The van der Waals surface area contributed by atoms with E-state index in [9.17, 15) is 9.59 Å². The Labute approximate surface area is 200 Å². The van der Waals surface area contributed by atoms with Crippen molar-refractivity contribution in [1.29, 1.82) is 0 Å². The van der Waals surface area contributed by atoms with Crippen molar-refractivity contribution in [3.8, 4) is 5.75 Å². The van der Waals surface area contributed by atoms with Crippen molar-refractivity contribution in [2.24, 2.45) is 0 Å². The number of thioether (sulfide) groups is 1. The number of carbonyl (C=O) groups excluding carboxylic acids is 1. The average Bonchev–Trinajstić information content (AvgIpc) is 2.82. The highest BCUT2D eigenvalue weighted by atomic mass is 35.5. The van der Waals surface area contributed by atoms with Crippen LogP contribution in [0.5, 0.6) is 5.75 Å². The number of hydrogen-bond donors (Lipinski definition) is 2. The van der Waals surface area contributed by atoms with E-state index in [2.05, 4.69) is 10.3 Å². The van der Waals surface area contributed by atoms with Gasteiger partial charge in [-0.05, 0) is 42.2 Å². The standard InChI is InChI=1S/C25H22ClN3O3S/c1-32-16-8-4-7-14(12-16)20-21-18(10-5-11-19(21)30)27-23-22(20)24(31)29-25(28-23)33-13-15-6-2-3-9-17(15)26/h2-4,6-9,12,20H,5,10-11,13H2,1H3,(H2,27,28,29,31)/t20-/m1/s1. The summed E-state index contributed by atoms with van der Waals surface area (Å²) < 4.78 is 5.40. The van der Waals surface area contributed by atoms with Crippen molar-refractivity contribution >= 4 is 35.0 Å². The average molecular weight is 480 g/mol. The molecule has 1 aliphatic carbocycles. The van der Waals surface area contributed by atoms with Crippen LogP contribution in [0.3, 0.4) is 0 Å². The van der Waals surface area contributed by atoms with Crippen molar-refractivity contribution in [1.82, 2.24) is 9.97 Å². The summed E-state index contributed by atoms with van der Waals surface area (Å²) in [5.74, 6) is 1.33. The van der Waals surface area contributed by atoms with Crippen molar-refractivity contribution in [2.45, 2.75) is 36.1 Å². The molecule has 2 heterocycles. The largest absolute Gasteiger partial charge is 0.497 e. The number of carbonyl (C=O) groups is 1. The van der Waals surface area contributed by atoms with Gasteiger partial charge in [0, 0.05) is 34.4 Å². The van der Waals surface area contributed by atoms with Gasteiger partial charge in [0.05, 0.1) is 12.7 Å². The predicted octanol–water partition coefficient (Wildman–Crippen LogP) is 5.29. The molecule has 1 aliphatic heterocycles. The van der Waals surface area contributed by atoms with Gasteiger partial charge >= 0.3 is 0 Å². The van der Waals surface area contributed by atoms with Gasteiger partial charge in [-0.15, -0.1) is 0 Å². The van der Waals surface area contributed by atoms with Gasteiger partial charge in [0.15, 0.2) is 10.9 Å². The molecular weight excluding hydrogens is 458 g/mol. The summed E-state index contributed by atoms with van der Waals surface area (Å²) in [6.45, 7) is 0. The molecule has 168 valence electrons. The van der Waals surface area contributed by atoms with E-state index < -0.39 is 5.92 Å². The number of halogens is 1. The van der Waals surface area contributed by atoms with Gasteiger partial charge in [-0.3, -0.25) is 9.59 Å². The van der Waals surface area contributed by atoms with Crippen molar-refractivity contribution in [2.75, 3.05) is 12.4 Å². The highest BCUT2D eigenvalue weighted by Gasteiger charge is 2.38. The topological polar surface area (TPSA) is 84.1 Å². The van der Waals surface area contributed by atoms with E-state index in [4.69, 9.17) is 21.3 Å². The van der Waals surface area contributed by atoms with Crippen LogP contribution in [-0.4, -0.2) is 22.9 Å². The van der Waals surface area contributed by atoms with Crippen LogP contribution in [-0.2, 0) is 10.5 Å². The Morgan fingerprint density at radius 1 is 1.15 bits per heavy atom. The molecule has 0 radical (unpaired) electrons. The number of aromatic amines is 1. The van der Waals surface area contributed by atoms with E-state index in [0.717, 1.165) is 29.7 Å². The van der Waals surface area contributed by atoms with Gasteiger partial charge < -0.3 is 15.0 Å². The summed E-state index contributed by atoms with van der Waals surface area (Å²) in [6, 6.07) is 15.1. The number of benzene rings is 2. The molecule has 0 spiro atoms. The number of aromatic nitrogens is 2. The van der Waals surface area contributed by atoms with E-state index >= 15 is 0 Å². The molecule has 8 heteroatoms. The van der Waals surface area contributed by atoms with Crippen LogP contribution < -0.4 is 15.6 Å². The number of Topliss-reactive ketones (excluding diaryl/α,β-unsaturated/α-hetero) is 1. The maximum atomic E-state index is 13.3. The van der Waals surface area contributed by atoms with Crippen LogP contribution in [0, 0.1) is 0 Å². The zero-order valence-corrected chi connectivity index (χ0v) is 19.6. The molecule has 5 rings (SSSR count). The number of rotatable bonds is 5. The maximum absolute atomic E-state index is 13.3. The molecule has 0 amide bonds. The predicted molar refractivity (Wildman–Crippen MR) is 130 cm³/mol.